The van der Waals surface area contributed by atoms with E-state index in [4.69, 9.17) is 13.7 Å². The van der Waals surface area contributed by atoms with Gasteiger partial charge in [-0.05, 0) is 60.3 Å². The van der Waals surface area contributed by atoms with Crippen molar-refractivity contribution in [2.24, 2.45) is 5.73 Å². The number of para-hydroxylation sites is 1. The van der Waals surface area contributed by atoms with Crippen molar-refractivity contribution in [2.45, 2.75) is 32.0 Å². The molecule has 2 radical (unpaired) electrons. The first-order valence-electron chi connectivity index (χ1n) is 12.0. The van der Waals surface area contributed by atoms with Crippen LogP contribution in [0.15, 0.2) is 85.1 Å². The van der Waals surface area contributed by atoms with E-state index < -0.39 is 0 Å². The van der Waals surface area contributed by atoms with Gasteiger partial charge in [0, 0.05) is 37.7 Å². The molecule has 4 rings (SSSR count). The number of hydrogen-bond donors (Lipinski definition) is 3. The van der Waals surface area contributed by atoms with Crippen LogP contribution in [0.2, 0.25) is 0 Å². The molecule has 3 aromatic carbocycles. The molecule has 1 aliphatic heterocycles. The second kappa shape index (κ2) is 11.6. The quantitative estimate of drug-likeness (QED) is 0.419. The summed E-state index contributed by atoms with van der Waals surface area (Å²) in [4.78, 5) is 16.5. The minimum atomic E-state index is -0.251. The summed E-state index contributed by atoms with van der Waals surface area (Å²) in [6, 6.07) is 26.5. The minimum Gasteiger partial charge on any atom is -0.397 e. The van der Waals surface area contributed by atoms with E-state index in [1.54, 1.807) is 11.0 Å². The van der Waals surface area contributed by atoms with Crippen molar-refractivity contribution >= 4 is 31.0 Å². The number of carbonyl (C=O) groups excluding carboxylic acids is 1. The average Bonchev–Trinajstić information content (AvgIpc) is 3.32. The van der Waals surface area contributed by atoms with Crippen LogP contribution in [-0.4, -0.2) is 38.3 Å². The first-order chi connectivity index (χ1) is 17.0. The van der Waals surface area contributed by atoms with Gasteiger partial charge in [-0.3, -0.25) is 4.79 Å². The Hall–Kier alpha value is -3.71. The van der Waals surface area contributed by atoms with E-state index >= 15 is 0 Å². The molecule has 4 N–H and O–H groups in total. The highest BCUT2D eigenvalue weighted by Crippen LogP contribution is 2.22. The largest absolute Gasteiger partial charge is 0.397 e. The van der Waals surface area contributed by atoms with Gasteiger partial charge in [0.25, 0.3) is 0 Å². The van der Waals surface area contributed by atoms with Crippen LogP contribution in [0.25, 0.3) is 5.70 Å². The SMILES string of the molecule is [B]N1CCCC1C(=O)Nc1ccc(CN(Cc2ccc(/C(N)=C/NC)cc2)c2ccccc2)cc1. The summed E-state index contributed by atoms with van der Waals surface area (Å²) in [5.74, 6) is -0.0442. The van der Waals surface area contributed by atoms with Crippen molar-refractivity contribution in [1.29, 1.82) is 0 Å². The summed E-state index contributed by atoms with van der Waals surface area (Å²) in [7, 11) is 7.76. The Bertz CT molecular complexity index is 1130. The van der Waals surface area contributed by atoms with Crippen molar-refractivity contribution in [1.82, 2.24) is 10.1 Å². The van der Waals surface area contributed by atoms with Crippen molar-refractivity contribution in [3.8, 4) is 0 Å². The first-order valence-corrected chi connectivity index (χ1v) is 12.0. The van der Waals surface area contributed by atoms with Crippen LogP contribution >= 0.6 is 0 Å². The Kier molecular flexibility index (Phi) is 8.11. The van der Waals surface area contributed by atoms with Crippen LogP contribution in [0.5, 0.6) is 0 Å². The van der Waals surface area contributed by atoms with Crippen molar-refractivity contribution in [3.63, 3.8) is 0 Å². The molecule has 178 valence electrons. The van der Waals surface area contributed by atoms with E-state index in [0.717, 1.165) is 55.0 Å². The summed E-state index contributed by atoms with van der Waals surface area (Å²) in [5, 5.41) is 5.96. The number of carbonyl (C=O) groups is 1. The van der Waals surface area contributed by atoms with Gasteiger partial charge in [0.05, 0.1) is 11.7 Å². The van der Waals surface area contributed by atoms with Crippen LogP contribution in [0.4, 0.5) is 11.4 Å². The molecule has 3 aromatic rings. The summed E-state index contributed by atoms with van der Waals surface area (Å²) in [6.45, 7) is 2.25. The zero-order valence-electron chi connectivity index (χ0n) is 20.2. The summed E-state index contributed by atoms with van der Waals surface area (Å²) < 4.78 is 0. The number of rotatable bonds is 9. The highest BCUT2D eigenvalue weighted by molar-refractivity contribution is 6.08. The number of hydrogen-bond acceptors (Lipinski definition) is 5. The fourth-order valence-electron chi connectivity index (χ4n) is 4.35. The fourth-order valence-corrected chi connectivity index (χ4v) is 4.35. The molecule has 0 spiro atoms. The lowest BCUT2D eigenvalue weighted by Crippen LogP contribution is -2.37. The number of benzene rings is 3. The summed E-state index contributed by atoms with van der Waals surface area (Å²) >= 11 is 0. The van der Waals surface area contributed by atoms with Crippen molar-refractivity contribution < 1.29 is 4.79 Å². The van der Waals surface area contributed by atoms with Gasteiger partial charge in [-0.25, -0.2) is 0 Å². The maximum atomic E-state index is 12.5. The predicted molar refractivity (Wildman–Crippen MR) is 145 cm³/mol. The highest BCUT2D eigenvalue weighted by Gasteiger charge is 2.27. The van der Waals surface area contributed by atoms with E-state index in [-0.39, 0.29) is 11.9 Å². The van der Waals surface area contributed by atoms with Crippen molar-refractivity contribution in [2.75, 3.05) is 23.8 Å². The smallest absolute Gasteiger partial charge is 0.240 e. The van der Waals surface area contributed by atoms with Gasteiger partial charge in [0.15, 0.2) is 7.98 Å². The molecule has 1 atom stereocenters. The Balaban J connectivity index is 1.45. The average molecular weight is 465 g/mol. The zero-order valence-corrected chi connectivity index (χ0v) is 20.2. The van der Waals surface area contributed by atoms with E-state index in [9.17, 15) is 4.79 Å². The molecule has 1 saturated heterocycles. The molecule has 0 bridgehead atoms. The molecule has 0 aromatic heterocycles. The third-order valence-corrected chi connectivity index (χ3v) is 6.27. The fraction of sp³-hybridized carbons (Fsp3) is 0.250. The molecule has 1 amide bonds. The normalized spacial score (nSPS) is 16.1. The molecule has 35 heavy (non-hydrogen) atoms. The molecular formula is C28H32BN5O. The van der Waals surface area contributed by atoms with E-state index in [1.165, 1.54) is 5.56 Å². The van der Waals surface area contributed by atoms with E-state index in [0.29, 0.717) is 5.70 Å². The molecule has 6 nitrogen and oxygen atoms in total. The Labute approximate surface area is 209 Å². The topological polar surface area (TPSA) is 73.6 Å². The lowest BCUT2D eigenvalue weighted by atomic mass is 10.1. The van der Waals surface area contributed by atoms with E-state index in [1.807, 2.05) is 37.4 Å². The maximum Gasteiger partial charge on any atom is 0.240 e. The Morgan fingerprint density at radius 3 is 2.23 bits per heavy atom. The molecule has 0 aliphatic carbocycles. The Morgan fingerprint density at radius 1 is 1.03 bits per heavy atom. The first kappa shape index (κ1) is 24.4. The highest BCUT2D eigenvalue weighted by atomic mass is 16.2. The molecule has 1 fully saturated rings. The van der Waals surface area contributed by atoms with Crippen LogP contribution in [-0.2, 0) is 17.9 Å². The zero-order chi connectivity index (χ0) is 24.6. The van der Waals surface area contributed by atoms with Gasteiger partial charge < -0.3 is 26.1 Å². The second-order valence-corrected chi connectivity index (χ2v) is 8.86. The van der Waals surface area contributed by atoms with E-state index in [2.05, 4.69) is 64.1 Å². The van der Waals surface area contributed by atoms with Gasteiger partial charge >= 0.3 is 0 Å². The lowest BCUT2D eigenvalue weighted by Gasteiger charge is -2.25. The monoisotopic (exact) mass is 465 g/mol. The molecular weight excluding hydrogens is 433 g/mol. The molecule has 7 heteroatoms. The molecule has 1 aliphatic rings. The standard InChI is InChI=1S/C28H32BN5O/c1-31-18-26(30)23-13-9-21(10-14-23)19-33(25-6-3-2-4-7-25)20-22-11-15-24(16-12-22)32-28(35)27-8-5-17-34(27)29/h2-4,6-7,9-16,18,27,31H,5,8,17,19-20,30H2,1H3,(H,32,35)/b26-18-. The molecule has 1 unspecified atom stereocenters. The van der Waals surface area contributed by atoms with Gasteiger partial charge in [-0.1, -0.05) is 54.6 Å². The predicted octanol–water partition coefficient (Wildman–Crippen LogP) is 3.86. The van der Waals surface area contributed by atoms with Crippen LogP contribution < -0.4 is 21.3 Å². The van der Waals surface area contributed by atoms with Crippen molar-refractivity contribution in [3.05, 3.63) is 102 Å². The minimum absolute atomic E-state index is 0.0442. The lowest BCUT2D eigenvalue weighted by molar-refractivity contribution is -0.119. The Morgan fingerprint density at radius 2 is 1.66 bits per heavy atom. The van der Waals surface area contributed by atoms with Gasteiger partial charge in [0.2, 0.25) is 5.91 Å². The number of nitrogens with zero attached hydrogens (tertiary/aromatic N) is 2. The number of anilines is 2. The second-order valence-electron chi connectivity index (χ2n) is 8.86. The molecule has 1 heterocycles. The number of amides is 1. The summed E-state index contributed by atoms with van der Waals surface area (Å²) in [5.41, 5.74) is 12.1. The third-order valence-electron chi connectivity index (χ3n) is 6.27. The number of nitrogens with two attached hydrogens (primary N) is 1. The number of nitrogens with one attached hydrogen (secondary N) is 2. The maximum absolute atomic E-state index is 12.5. The van der Waals surface area contributed by atoms with Gasteiger partial charge in [0.1, 0.15) is 0 Å². The summed E-state index contributed by atoms with van der Waals surface area (Å²) in [6.07, 6.45) is 3.54. The van der Waals surface area contributed by atoms with Crippen LogP contribution in [0.3, 0.4) is 0 Å². The molecule has 0 saturated carbocycles. The van der Waals surface area contributed by atoms with Crippen LogP contribution in [0.1, 0.15) is 29.5 Å². The van der Waals surface area contributed by atoms with Crippen LogP contribution in [0, 0.1) is 0 Å². The third kappa shape index (κ3) is 6.46. The van der Waals surface area contributed by atoms with Gasteiger partial charge in [-0.2, -0.15) is 0 Å². The van der Waals surface area contributed by atoms with Gasteiger partial charge in [-0.15, -0.1) is 0 Å².